The SMILES string of the molecule is CNC(C)c1ccccc1N1CCOCC1C. The maximum Gasteiger partial charge on any atom is 0.0668 e. The summed E-state index contributed by atoms with van der Waals surface area (Å²) in [6, 6.07) is 9.47. The normalized spacial score (nSPS) is 22.5. The van der Waals surface area contributed by atoms with Gasteiger partial charge in [0.15, 0.2) is 0 Å². The summed E-state index contributed by atoms with van der Waals surface area (Å²) in [5, 5.41) is 3.32. The number of morpholine rings is 1. The number of para-hydroxylation sites is 1. The molecule has 94 valence electrons. The Morgan fingerprint density at radius 1 is 1.41 bits per heavy atom. The Morgan fingerprint density at radius 2 is 2.18 bits per heavy atom. The van der Waals surface area contributed by atoms with Gasteiger partial charge in [-0.2, -0.15) is 0 Å². The van der Waals surface area contributed by atoms with Crippen molar-refractivity contribution in [3.63, 3.8) is 0 Å². The molecule has 1 aliphatic rings. The van der Waals surface area contributed by atoms with Gasteiger partial charge in [-0.1, -0.05) is 18.2 Å². The van der Waals surface area contributed by atoms with Crippen molar-refractivity contribution in [2.75, 3.05) is 31.7 Å². The molecule has 0 spiro atoms. The molecule has 0 aliphatic carbocycles. The van der Waals surface area contributed by atoms with Crippen LogP contribution in [0.25, 0.3) is 0 Å². The van der Waals surface area contributed by atoms with Gasteiger partial charge in [0.05, 0.1) is 13.2 Å². The summed E-state index contributed by atoms with van der Waals surface area (Å²) >= 11 is 0. The highest BCUT2D eigenvalue weighted by molar-refractivity contribution is 5.56. The standard InChI is InChI=1S/C14H22N2O/c1-11-10-17-9-8-16(11)14-7-5-4-6-13(14)12(2)15-3/h4-7,11-12,15H,8-10H2,1-3H3. The van der Waals surface area contributed by atoms with Gasteiger partial charge in [-0.15, -0.1) is 0 Å². The Labute approximate surface area is 104 Å². The van der Waals surface area contributed by atoms with E-state index in [1.165, 1.54) is 11.3 Å². The molecule has 1 aromatic carbocycles. The Balaban J connectivity index is 2.30. The molecule has 1 aliphatic heterocycles. The maximum atomic E-state index is 5.50. The summed E-state index contributed by atoms with van der Waals surface area (Å²) in [7, 11) is 2.00. The highest BCUT2D eigenvalue weighted by Crippen LogP contribution is 2.28. The smallest absolute Gasteiger partial charge is 0.0668 e. The van der Waals surface area contributed by atoms with Gasteiger partial charge in [-0.05, 0) is 32.5 Å². The molecule has 2 rings (SSSR count). The number of anilines is 1. The van der Waals surface area contributed by atoms with Crippen LogP contribution in [0, 0.1) is 0 Å². The van der Waals surface area contributed by atoms with Gasteiger partial charge >= 0.3 is 0 Å². The van der Waals surface area contributed by atoms with E-state index in [1.54, 1.807) is 0 Å². The molecule has 1 fully saturated rings. The van der Waals surface area contributed by atoms with Crippen LogP contribution in [0.1, 0.15) is 25.5 Å². The Kier molecular flexibility index (Phi) is 4.02. The van der Waals surface area contributed by atoms with E-state index in [4.69, 9.17) is 4.74 Å². The molecule has 0 radical (unpaired) electrons. The first kappa shape index (κ1) is 12.4. The van der Waals surface area contributed by atoms with Crippen molar-refractivity contribution in [2.24, 2.45) is 0 Å². The van der Waals surface area contributed by atoms with Crippen LogP contribution in [0.5, 0.6) is 0 Å². The van der Waals surface area contributed by atoms with Crippen molar-refractivity contribution < 1.29 is 4.74 Å². The minimum absolute atomic E-state index is 0.376. The molecule has 0 saturated carbocycles. The van der Waals surface area contributed by atoms with E-state index in [-0.39, 0.29) is 0 Å². The number of rotatable bonds is 3. The molecule has 0 amide bonds. The van der Waals surface area contributed by atoms with E-state index in [2.05, 4.69) is 48.3 Å². The lowest BCUT2D eigenvalue weighted by atomic mass is 10.0. The van der Waals surface area contributed by atoms with Gasteiger partial charge in [0.25, 0.3) is 0 Å². The molecule has 3 nitrogen and oxygen atoms in total. The van der Waals surface area contributed by atoms with Crippen molar-refractivity contribution >= 4 is 5.69 Å². The van der Waals surface area contributed by atoms with Crippen LogP contribution in [-0.4, -0.2) is 32.8 Å². The van der Waals surface area contributed by atoms with E-state index < -0.39 is 0 Å². The summed E-state index contributed by atoms with van der Waals surface area (Å²) in [6.07, 6.45) is 0. The minimum atomic E-state index is 0.376. The largest absolute Gasteiger partial charge is 0.377 e. The van der Waals surface area contributed by atoms with Crippen molar-refractivity contribution in [2.45, 2.75) is 25.9 Å². The quantitative estimate of drug-likeness (QED) is 0.867. The maximum absolute atomic E-state index is 5.50. The molecule has 2 atom stereocenters. The van der Waals surface area contributed by atoms with Crippen LogP contribution >= 0.6 is 0 Å². The van der Waals surface area contributed by atoms with Crippen molar-refractivity contribution in [1.29, 1.82) is 0 Å². The lowest BCUT2D eigenvalue weighted by molar-refractivity contribution is 0.0988. The average molecular weight is 234 g/mol. The lowest BCUT2D eigenvalue weighted by Crippen LogP contribution is -2.44. The van der Waals surface area contributed by atoms with E-state index in [9.17, 15) is 0 Å². The highest BCUT2D eigenvalue weighted by atomic mass is 16.5. The van der Waals surface area contributed by atoms with Crippen molar-refractivity contribution in [3.05, 3.63) is 29.8 Å². The molecule has 1 saturated heterocycles. The summed E-state index contributed by atoms with van der Waals surface area (Å²) in [5.41, 5.74) is 2.70. The summed E-state index contributed by atoms with van der Waals surface area (Å²) in [5.74, 6) is 0. The van der Waals surface area contributed by atoms with Gasteiger partial charge in [0.1, 0.15) is 0 Å². The van der Waals surface area contributed by atoms with Crippen LogP contribution in [0.3, 0.4) is 0 Å². The fourth-order valence-electron chi connectivity index (χ4n) is 2.36. The van der Waals surface area contributed by atoms with E-state index in [0.717, 1.165) is 19.8 Å². The molecule has 17 heavy (non-hydrogen) atoms. The second-order valence-electron chi connectivity index (χ2n) is 4.69. The zero-order valence-electron chi connectivity index (χ0n) is 10.9. The van der Waals surface area contributed by atoms with Gasteiger partial charge in [-0.25, -0.2) is 0 Å². The molecule has 0 aromatic heterocycles. The topological polar surface area (TPSA) is 24.5 Å². The number of ether oxygens (including phenoxy) is 1. The molecular formula is C14H22N2O. The monoisotopic (exact) mass is 234 g/mol. The predicted molar refractivity (Wildman–Crippen MR) is 71.5 cm³/mol. The third kappa shape index (κ3) is 2.61. The summed E-state index contributed by atoms with van der Waals surface area (Å²) < 4.78 is 5.50. The van der Waals surface area contributed by atoms with Gasteiger partial charge < -0.3 is 15.0 Å². The lowest BCUT2D eigenvalue weighted by Gasteiger charge is -2.37. The zero-order chi connectivity index (χ0) is 12.3. The molecule has 1 N–H and O–H groups in total. The number of hydrogen-bond donors (Lipinski definition) is 1. The molecule has 3 heteroatoms. The first-order chi connectivity index (χ1) is 8.24. The molecular weight excluding hydrogens is 212 g/mol. The van der Waals surface area contributed by atoms with Crippen LogP contribution in [-0.2, 0) is 4.74 Å². The highest BCUT2D eigenvalue weighted by Gasteiger charge is 2.22. The minimum Gasteiger partial charge on any atom is -0.377 e. The van der Waals surface area contributed by atoms with Gasteiger partial charge in [0.2, 0.25) is 0 Å². The van der Waals surface area contributed by atoms with Crippen LogP contribution < -0.4 is 10.2 Å². The van der Waals surface area contributed by atoms with E-state index in [1.807, 2.05) is 7.05 Å². The van der Waals surface area contributed by atoms with E-state index in [0.29, 0.717) is 12.1 Å². The van der Waals surface area contributed by atoms with Crippen LogP contribution in [0.15, 0.2) is 24.3 Å². The third-order valence-electron chi connectivity index (χ3n) is 3.51. The molecule has 1 aromatic rings. The average Bonchev–Trinajstić information content (AvgIpc) is 2.38. The predicted octanol–water partition coefficient (Wildman–Crippen LogP) is 2.19. The number of hydrogen-bond acceptors (Lipinski definition) is 3. The first-order valence-electron chi connectivity index (χ1n) is 6.34. The van der Waals surface area contributed by atoms with E-state index >= 15 is 0 Å². The number of benzene rings is 1. The first-order valence-corrected chi connectivity index (χ1v) is 6.34. The Bertz CT molecular complexity index is 367. The molecule has 0 bridgehead atoms. The second kappa shape index (κ2) is 5.52. The fraction of sp³-hybridized carbons (Fsp3) is 0.571. The van der Waals surface area contributed by atoms with Gasteiger partial charge in [-0.3, -0.25) is 0 Å². The van der Waals surface area contributed by atoms with Crippen molar-refractivity contribution in [1.82, 2.24) is 5.32 Å². The summed E-state index contributed by atoms with van der Waals surface area (Å²) in [4.78, 5) is 2.45. The third-order valence-corrected chi connectivity index (χ3v) is 3.51. The number of nitrogens with one attached hydrogen (secondary N) is 1. The summed E-state index contributed by atoms with van der Waals surface area (Å²) in [6.45, 7) is 7.05. The Morgan fingerprint density at radius 3 is 2.88 bits per heavy atom. The second-order valence-corrected chi connectivity index (χ2v) is 4.69. The zero-order valence-corrected chi connectivity index (χ0v) is 10.9. The molecule has 2 unspecified atom stereocenters. The van der Waals surface area contributed by atoms with Crippen LogP contribution in [0.4, 0.5) is 5.69 Å². The fourth-order valence-corrected chi connectivity index (χ4v) is 2.36. The number of nitrogens with zero attached hydrogens (tertiary/aromatic N) is 1. The van der Waals surface area contributed by atoms with Crippen LogP contribution in [0.2, 0.25) is 0 Å². The Hall–Kier alpha value is -1.06. The van der Waals surface area contributed by atoms with Crippen molar-refractivity contribution in [3.8, 4) is 0 Å². The van der Waals surface area contributed by atoms with Gasteiger partial charge in [0, 0.05) is 24.3 Å². The molecule has 1 heterocycles.